The number of aromatic nitrogens is 3. The van der Waals surface area contributed by atoms with Crippen LogP contribution in [-0.4, -0.2) is 75.5 Å². The van der Waals surface area contributed by atoms with Crippen molar-refractivity contribution < 1.29 is 14.4 Å². The fraction of sp³-hybridized carbons (Fsp3) is 0.346. The summed E-state index contributed by atoms with van der Waals surface area (Å²) < 4.78 is 1.91. The van der Waals surface area contributed by atoms with E-state index >= 15 is 0 Å². The number of anilines is 1. The molecule has 0 saturated carbocycles. The Morgan fingerprint density at radius 1 is 1.00 bits per heavy atom. The molecule has 2 fully saturated rings. The molecule has 3 aromatic rings. The minimum atomic E-state index is -0.504. The highest BCUT2D eigenvalue weighted by molar-refractivity contribution is 7.99. The molecule has 5 rings (SSSR count). The summed E-state index contributed by atoms with van der Waals surface area (Å²) in [6.07, 6.45) is 0.512. The summed E-state index contributed by atoms with van der Waals surface area (Å²) in [5, 5.41) is 14.4. The number of carbonyl (C=O) groups excluding carboxylic acids is 3. The minimum Gasteiger partial charge on any atom is -0.368 e. The van der Waals surface area contributed by atoms with Crippen LogP contribution in [0.5, 0.6) is 0 Å². The highest BCUT2D eigenvalue weighted by Crippen LogP contribution is 2.25. The Kier molecular flexibility index (Phi) is 7.40. The lowest BCUT2D eigenvalue weighted by Gasteiger charge is -2.36. The van der Waals surface area contributed by atoms with Gasteiger partial charge in [-0.1, -0.05) is 42.1 Å². The number of rotatable bonds is 7. The average molecular weight is 520 g/mol. The molecule has 2 N–H and O–H groups in total. The van der Waals surface area contributed by atoms with Crippen LogP contribution in [0.25, 0.3) is 5.69 Å². The Balaban J connectivity index is 1.27. The van der Waals surface area contributed by atoms with E-state index in [1.165, 1.54) is 17.4 Å². The van der Waals surface area contributed by atoms with E-state index in [1.54, 1.807) is 0 Å². The molecule has 2 saturated heterocycles. The standard InChI is InChI=1S/C26H29N7O3S/c1-18-6-5-9-21(14-18)33-22(15-19-16-23(34)28-25(36)27-19)29-30-26(33)37-17-24(35)32-12-10-31(11-13-32)20-7-3-2-4-8-20/h2-9,14,19H,10-13,15-17H2,1H3,(H2,27,28,34,36). The summed E-state index contributed by atoms with van der Waals surface area (Å²) in [7, 11) is 0. The van der Waals surface area contributed by atoms with Crippen LogP contribution in [0.4, 0.5) is 10.5 Å². The highest BCUT2D eigenvalue weighted by Gasteiger charge is 2.27. The van der Waals surface area contributed by atoms with Crippen molar-refractivity contribution >= 4 is 35.3 Å². The highest BCUT2D eigenvalue weighted by atomic mass is 32.2. The summed E-state index contributed by atoms with van der Waals surface area (Å²) in [5.41, 5.74) is 3.12. The van der Waals surface area contributed by atoms with E-state index in [1.807, 2.05) is 58.9 Å². The summed E-state index contributed by atoms with van der Waals surface area (Å²) >= 11 is 1.35. The van der Waals surface area contributed by atoms with Gasteiger partial charge in [0.1, 0.15) is 5.82 Å². The largest absolute Gasteiger partial charge is 0.368 e. The number of piperazine rings is 1. The molecule has 0 radical (unpaired) electrons. The second-order valence-corrected chi connectivity index (χ2v) is 10.1. The first-order valence-electron chi connectivity index (χ1n) is 12.3. The normalized spacial score (nSPS) is 17.9. The smallest absolute Gasteiger partial charge is 0.321 e. The van der Waals surface area contributed by atoms with Gasteiger partial charge >= 0.3 is 6.03 Å². The van der Waals surface area contributed by atoms with Gasteiger partial charge in [0.25, 0.3) is 0 Å². The number of hydrogen-bond acceptors (Lipinski definition) is 7. The van der Waals surface area contributed by atoms with Crippen LogP contribution in [0.15, 0.2) is 59.8 Å². The Morgan fingerprint density at radius 3 is 2.49 bits per heavy atom. The average Bonchev–Trinajstić information content (AvgIpc) is 3.29. The Labute approximate surface area is 219 Å². The van der Waals surface area contributed by atoms with Gasteiger partial charge in [-0.2, -0.15) is 0 Å². The number of urea groups is 1. The first-order valence-corrected chi connectivity index (χ1v) is 13.3. The van der Waals surface area contributed by atoms with Gasteiger partial charge in [-0.25, -0.2) is 4.79 Å². The zero-order chi connectivity index (χ0) is 25.8. The molecule has 0 aliphatic carbocycles. The van der Waals surface area contributed by atoms with Gasteiger partial charge in [0, 0.05) is 56.4 Å². The van der Waals surface area contributed by atoms with E-state index in [-0.39, 0.29) is 30.0 Å². The Bertz CT molecular complexity index is 1270. The van der Waals surface area contributed by atoms with E-state index < -0.39 is 6.03 Å². The minimum absolute atomic E-state index is 0.0641. The van der Waals surface area contributed by atoms with Crippen molar-refractivity contribution in [3.8, 4) is 5.69 Å². The number of nitrogens with zero attached hydrogens (tertiary/aromatic N) is 5. The number of hydrogen-bond donors (Lipinski definition) is 2. The molecule has 11 heteroatoms. The van der Waals surface area contributed by atoms with Crippen molar-refractivity contribution in [1.82, 2.24) is 30.3 Å². The van der Waals surface area contributed by atoms with Gasteiger partial charge < -0.3 is 15.1 Å². The number of aryl methyl sites for hydroxylation is 1. The number of para-hydroxylation sites is 1. The molecule has 3 heterocycles. The second-order valence-electron chi connectivity index (χ2n) is 9.19. The van der Waals surface area contributed by atoms with Crippen molar-refractivity contribution in [3.63, 3.8) is 0 Å². The van der Waals surface area contributed by atoms with Gasteiger partial charge in [0.2, 0.25) is 11.8 Å². The number of thioether (sulfide) groups is 1. The molecular formula is C26H29N7O3S. The maximum atomic E-state index is 13.0. The monoisotopic (exact) mass is 519 g/mol. The first-order chi connectivity index (χ1) is 18.0. The molecule has 2 aliphatic rings. The van der Waals surface area contributed by atoms with Crippen molar-refractivity contribution in [2.24, 2.45) is 0 Å². The fourth-order valence-corrected chi connectivity index (χ4v) is 5.51. The first kappa shape index (κ1) is 24.8. The Morgan fingerprint density at radius 2 is 1.76 bits per heavy atom. The zero-order valence-corrected chi connectivity index (χ0v) is 21.4. The van der Waals surface area contributed by atoms with Crippen LogP contribution < -0.4 is 15.5 Å². The molecular weight excluding hydrogens is 490 g/mol. The predicted octanol–water partition coefficient (Wildman–Crippen LogP) is 2.16. The molecule has 192 valence electrons. The molecule has 1 unspecified atom stereocenters. The van der Waals surface area contributed by atoms with Gasteiger partial charge in [0.15, 0.2) is 5.16 Å². The molecule has 0 bridgehead atoms. The zero-order valence-electron chi connectivity index (χ0n) is 20.6. The molecule has 37 heavy (non-hydrogen) atoms. The number of nitrogens with one attached hydrogen (secondary N) is 2. The fourth-order valence-electron chi connectivity index (χ4n) is 4.64. The van der Waals surface area contributed by atoms with Gasteiger partial charge in [-0.05, 0) is 36.8 Å². The molecule has 2 aliphatic heterocycles. The van der Waals surface area contributed by atoms with Crippen LogP contribution in [0, 0.1) is 6.92 Å². The van der Waals surface area contributed by atoms with Crippen LogP contribution >= 0.6 is 11.8 Å². The van der Waals surface area contributed by atoms with Crippen molar-refractivity contribution in [2.75, 3.05) is 36.8 Å². The third kappa shape index (κ3) is 5.93. The topological polar surface area (TPSA) is 112 Å². The van der Waals surface area contributed by atoms with Crippen LogP contribution in [0.3, 0.4) is 0 Å². The molecule has 10 nitrogen and oxygen atoms in total. The van der Waals surface area contributed by atoms with Crippen LogP contribution in [-0.2, 0) is 16.0 Å². The van der Waals surface area contributed by atoms with E-state index in [0.29, 0.717) is 30.5 Å². The maximum absolute atomic E-state index is 13.0. The lowest BCUT2D eigenvalue weighted by Crippen LogP contribution is -2.53. The van der Waals surface area contributed by atoms with Crippen molar-refractivity contribution in [1.29, 1.82) is 0 Å². The quantitative estimate of drug-likeness (QED) is 0.460. The lowest BCUT2D eigenvalue weighted by molar-refractivity contribution is -0.128. The van der Waals surface area contributed by atoms with Gasteiger partial charge in [-0.15, -0.1) is 10.2 Å². The van der Waals surface area contributed by atoms with Crippen molar-refractivity contribution in [2.45, 2.75) is 31.0 Å². The molecule has 2 aromatic carbocycles. The lowest BCUT2D eigenvalue weighted by atomic mass is 10.1. The van der Waals surface area contributed by atoms with Crippen LogP contribution in [0.1, 0.15) is 17.8 Å². The molecule has 0 spiro atoms. The van der Waals surface area contributed by atoms with E-state index in [4.69, 9.17) is 0 Å². The van der Waals surface area contributed by atoms with E-state index in [0.717, 1.165) is 24.3 Å². The third-order valence-electron chi connectivity index (χ3n) is 6.49. The number of imide groups is 1. The predicted molar refractivity (Wildman–Crippen MR) is 141 cm³/mol. The van der Waals surface area contributed by atoms with Crippen molar-refractivity contribution in [3.05, 3.63) is 66.0 Å². The summed E-state index contributed by atoms with van der Waals surface area (Å²) in [6, 6.07) is 17.3. The van der Waals surface area contributed by atoms with Gasteiger partial charge in [0.05, 0.1) is 5.75 Å². The molecule has 1 aromatic heterocycles. The van der Waals surface area contributed by atoms with Crippen LogP contribution in [0.2, 0.25) is 0 Å². The summed E-state index contributed by atoms with van der Waals surface area (Å²) in [4.78, 5) is 40.9. The molecule has 1 atom stereocenters. The number of benzene rings is 2. The third-order valence-corrected chi connectivity index (χ3v) is 7.40. The van der Waals surface area contributed by atoms with Gasteiger partial charge in [-0.3, -0.25) is 19.5 Å². The van der Waals surface area contributed by atoms with E-state index in [9.17, 15) is 14.4 Å². The number of carbonyl (C=O) groups is 3. The number of amides is 4. The summed E-state index contributed by atoms with van der Waals surface area (Å²) in [6.45, 7) is 4.95. The van der Waals surface area contributed by atoms with E-state index in [2.05, 4.69) is 37.9 Å². The Hall–Kier alpha value is -3.86. The SMILES string of the molecule is Cc1cccc(-n2c(CC3CC(=O)NC(=O)N3)nnc2SCC(=O)N2CCN(c3ccccc3)CC2)c1. The molecule has 4 amide bonds. The second kappa shape index (κ2) is 11.0. The summed E-state index contributed by atoms with van der Waals surface area (Å²) in [5.74, 6) is 0.618. The maximum Gasteiger partial charge on any atom is 0.321 e.